The summed E-state index contributed by atoms with van der Waals surface area (Å²) in [5, 5.41) is 5.06. The number of likely N-dealkylation sites (N-methyl/N-ethyl adjacent to an activating group) is 1. The molecular formula is C21H26N4O2S3. The predicted molar refractivity (Wildman–Crippen MR) is 127 cm³/mol. The standard InChI is InChI=1S/C21H26N4O2S3/c1-4-23-8-10-24(11-9-23)19(26)14(3)30-21-22-18-17(20(27)25(21)5-2)15(13-29-18)16-7-6-12-28-16/h6-7,12-14H,4-5,8-11H2,1-3H3. The molecule has 4 rings (SSSR count). The van der Waals surface area contributed by atoms with Crippen molar-refractivity contribution in [1.29, 1.82) is 0 Å². The first-order valence-electron chi connectivity index (χ1n) is 10.3. The van der Waals surface area contributed by atoms with E-state index in [9.17, 15) is 9.59 Å². The average Bonchev–Trinajstić information content (AvgIpc) is 3.43. The van der Waals surface area contributed by atoms with Gasteiger partial charge in [0.15, 0.2) is 5.16 Å². The molecule has 0 aromatic carbocycles. The van der Waals surface area contributed by atoms with Crippen molar-refractivity contribution in [2.24, 2.45) is 0 Å². The summed E-state index contributed by atoms with van der Waals surface area (Å²) in [5.74, 6) is 0.123. The van der Waals surface area contributed by atoms with Crippen LogP contribution >= 0.6 is 34.4 Å². The fourth-order valence-corrected chi connectivity index (χ4v) is 6.60. The summed E-state index contributed by atoms with van der Waals surface area (Å²) < 4.78 is 1.70. The monoisotopic (exact) mass is 462 g/mol. The Bertz CT molecular complexity index is 1080. The van der Waals surface area contributed by atoms with Crippen molar-refractivity contribution in [2.75, 3.05) is 32.7 Å². The molecule has 0 N–H and O–H groups in total. The van der Waals surface area contributed by atoms with Gasteiger partial charge in [0.1, 0.15) is 4.83 Å². The van der Waals surface area contributed by atoms with Crippen LogP contribution in [0.15, 0.2) is 32.8 Å². The second-order valence-corrected chi connectivity index (χ2v) is 10.4. The van der Waals surface area contributed by atoms with Gasteiger partial charge in [-0.3, -0.25) is 14.2 Å². The Morgan fingerprint density at radius 2 is 1.97 bits per heavy atom. The molecule has 1 aliphatic heterocycles. The van der Waals surface area contributed by atoms with Crippen LogP contribution in [0.4, 0.5) is 0 Å². The third-order valence-corrected chi connectivity index (χ3v) is 8.38. The van der Waals surface area contributed by atoms with Gasteiger partial charge in [-0.05, 0) is 31.8 Å². The third-order valence-electron chi connectivity index (χ3n) is 5.52. The summed E-state index contributed by atoms with van der Waals surface area (Å²) >= 11 is 4.51. The molecule has 1 atom stereocenters. The molecule has 160 valence electrons. The lowest BCUT2D eigenvalue weighted by Crippen LogP contribution is -2.50. The van der Waals surface area contributed by atoms with Gasteiger partial charge in [-0.1, -0.05) is 24.8 Å². The lowest BCUT2D eigenvalue weighted by molar-refractivity contribution is -0.132. The summed E-state index contributed by atoms with van der Waals surface area (Å²) in [6.45, 7) is 10.9. The lowest BCUT2D eigenvalue weighted by Gasteiger charge is -2.35. The summed E-state index contributed by atoms with van der Waals surface area (Å²) in [6, 6.07) is 4.02. The highest BCUT2D eigenvalue weighted by atomic mass is 32.2. The van der Waals surface area contributed by atoms with Gasteiger partial charge < -0.3 is 9.80 Å². The van der Waals surface area contributed by atoms with Gasteiger partial charge in [-0.2, -0.15) is 0 Å². The molecule has 1 amide bonds. The number of carbonyl (C=O) groups is 1. The Kier molecular flexibility index (Phi) is 6.62. The Labute approximate surface area is 188 Å². The molecule has 3 aromatic heterocycles. The predicted octanol–water partition coefficient (Wildman–Crippen LogP) is 3.85. The minimum absolute atomic E-state index is 0.0224. The summed E-state index contributed by atoms with van der Waals surface area (Å²) in [6.07, 6.45) is 0. The lowest BCUT2D eigenvalue weighted by atomic mass is 10.2. The topological polar surface area (TPSA) is 58.4 Å². The summed E-state index contributed by atoms with van der Waals surface area (Å²) in [5.41, 5.74) is 0.935. The molecule has 9 heteroatoms. The van der Waals surface area contributed by atoms with Crippen molar-refractivity contribution >= 4 is 50.6 Å². The number of amides is 1. The van der Waals surface area contributed by atoms with Crippen LogP contribution in [0.2, 0.25) is 0 Å². The van der Waals surface area contributed by atoms with Gasteiger partial charge in [-0.25, -0.2) is 4.98 Å². The second kappa shape index (κ2) is 9.21. The molecule has 0 spiro atoms. The summed E-state index contributed by atoms with van der Waals surface area (Å²) in [4.78, 5) is 37.2. The maximum absolute atomic E-state index is 13.3. The molecule has 30 heavy (non-hydrogen) atoms. The van der Waals surface area contributed by atoms with Crippen LogP contribution < -0.4 is 5.56 Å². The molecule has 1 fully saturated rings. The molecule has 0 bridgehead atoms. The molecule has 4 heterocycles. The Hall–Kier alpha value is -1.68. The number of rotatable bonds is 6. The van der Waals surface area contributed by atoms with E-state index >= 15 is 0 Å². The van der Waals surface area contributed by atoms with E-state index in [-0.39, 0.29) is 16.7 Å². The number of carbonyl (C=O) groups excluding carboxylic acids is 1. The minimum atomic E-state index is -0.281. The molecule has 1 unspecified atom stereocenters. The highest BCUT2D eigenvalue weighted by Crippen LogP contribution is 2.35. The first-order chi connectivity index (χ1) is 14.5. The van der Waals surface area contributed by atoms with Gasteiger partial charge in [0.2, 0.25) is 5.91 Å². The van der Waals surface area contributed by atoms with E-state index in [1.54, 1.807) is 15.9 Å². The first kappa shape index (κ1) is 21.5. The number of thiophene rings is 2. The van der Waals surface area contributed by atoms with Crippen LogP contribution in [0.1, 0.15) is 20.8 Å². The van der Waals surface area contributed by atoms with Gasteiger partial charge in [0, 0.05) is 48.5 Å². The molecule has 0 aliphatic carbocycles. The van der Waals surface area contributed by atoms with E-state index in [2.05, 4.69) is 11.8 Å². The second-order valence-electron chi connectivity index (χ2n) is 7.27. The maximum Gasteiger partial charge on any atom is 0.263 e. The number of piperazine rings is 1. The fourth-order valence-electron chi connectivity index (χ4n) is 3.74. The zero-order chi connectivity index (χ0) is 21.3. The minimum Gasteiger partial charge on any atom is -0.339 e. The van der Waals surface area contributed by atoms with Crippen molar-refractivity contribution in [2.45, 2.75) is 37.7 Å². The summed E-state index contributed by atoms with van der Waals surface area (Å²) in [7, 11) is 0. The third kappa shape index (κ3) is 4.08. The number of hydrogen-bond acceptors (Lipinski definition) is 7. The zero-order valence-corrected chi connectivity index (χ0v) is 19.9. The van der Waals surface area contributed by atoms with Crippen LogP contribution in [0.25, 0.3) is 20.7 Å². The van der Waals surface area contributed by atoms with E-state index < -0.39 is 0 Å². The first-order valence-corrected chi connectivity index (χ1v) is 12.9. The number of fused-ring (bicyclic) bond motifs is 1. The SMILES string of the molecule is CCN1CCN(C(=O)C(C)Sc2nc3scc(-c4cccs4)c3c(=O)n2CC)CC1. The van der Waals surface area contributed by atoms with Crippen LogP contribution in [0.3, 0.4) is 0 Å². The molecule has 3 aromatic rings. The number of nitrogens with zero attached hydrogens (tertiary/aromatic N) is 4. The van der Waals surface area contributed by atoms with Gasteiger partial charge in [0.05, 0.1) is 10.6 Å². The molecule has 0 saturated carbocycles. The van der Waals surface area contributed by atoms with Crippen LogP contribution in [-0.2, 0) is 11.3 Å². The van der Waals surface area contributed by atoms with Crippen molar-refractivity contribution in [3.63, 3.8) is 0 Å². The molecule has 0 radical (unpaired) electrons. The van der Waals surface area contributed by atoms with Gasteiger partial charge in [0.25, 0.3) is 5.56 Å². The van der Waals surface area contributed by atoms with E-state index in [0.29, 0.717) is 17.1 Å². The van der Waals surface area contributed by atoms with Crippen LogP contribution in [0.5, 0.6) is 0 Å². The van der Waals surface area contributed by atoms with Gasteiger partial charge >= 0.3 is 0 Å². The Morgan fingerprint density at radius 1 is 1.20 bits per heavy atom. The van der Waals surface area contributed by atoms with E-state index in [1.807, 2.05) is 41.6 Å². The number of aromatic nitrogens is 2. The van der Waals surface area contributed by atoms with E-state index in [0.717, 1.165) is 48.0 Å². The zero-order valence-electron chi connectivity index (χ0n) is 17.5. The smallest absolute Gasteiger partial charge is 0.263 e. The fraction of sp³-hybridized carbons (Fsp3) is 0.476. The maximum atomic E-state index is 13.3. The normalized spacial score (nSPS) is 16.3. The van der Waals surface area contributed by atoms with Crippen molar-refractivity contribution < 1.29 is 4.79 Å². The van der Waals surface area contributed by atoms with E-state index in [1.165, 1.54) is 23.1 Å². The number of thioether (sulfide) groups is 1. The highest BCUT2D eigenvalue weighted by Gasteiger charge is 2.27. The van der Waals surface area contributed by atoms with Gasteiger partial charge in [-0.15, -0.1) is 22.7 Å². The largest absolute Gasteiger partial charge is 0.339 e. The molecular weight excluding hydrogens is 436 g/mol. The molecule has 1 saturated heterocycles. The van der Waals surface area contributed by atoms with Crippen molar-refractivity contribution in [1.82, 2.24) is 19.4 Å². The van der Waals surface area contributed by atoms with E-state index in [4.69, 9.17) is 4.98 Å². The highest BCUT2D eigenvalue weighted by molar-refractivity contribution is 8.00. The van der Waals surface area contributed by atoms with Crippen LogP contribution in [0, 0.1) is 0 Å². The molecule has 1 aliphatic rings. The number of hydrogen-bond donors (Lipinski definition) is 0. The Balaban J connectivity index is 1.60. The average molecular weight is 463 g/mol. The van der Waals surface area contributed by atoms with Crippen LogP contribution in [-0.4, -0.2) is 63.2 Å². The Morgan fingerprint density at radius 3 is 2.60 bits per heavy atom. The van der Waals surface area contributed by atoms with Crippen molar-refractivity contribution in [3.8, 4) is 10.4 Å². The molecule has 6 nitrogen and oxygen atoms in total. The quantitative estimate of drug-likeness (QED) is 0.411. The van der Waals surface area contributed by atoms with Crippen molar-refractivity contribution in [3.05, 3.63) is 33.2 Å².